The maximum Gasteiger partial charge on any atom is 0.270 e. The van der Waals surface area contributed by atoms with Crippen LogP contribution in [0.5, 0.6) is 17.5 Å². The monoisotopic (exact) mass is 540 g/mol. The van der Waals surface area contributed by atoms with E-state index in [9.17, 15) is 29.0 Å². The Labute approximate surface area is 225 Å². The predicted octanol–water partition coefficient (Wildman–Crippen LogP) is 3.94. The Kier molecular flexibility index (Phi) is 9.29. The second kappa shape index (κ2) is 12.4. The number of carbonyl (C=O) groups excluding carboxylic acids is 3. The molecule has 3 rings (SSSR count). The maximum absolute atomic E-state index is 13.6. The molecule has 1 aromatic carbocycles. The van der Waals surface area contributed by atoms with Crippen molar-refractivity contribution in [2.24, 2.45) is 5.92 Å². The topological polar surface area (TPSA) is 154 Å². The maximum atomic E-state index is 13.6. The second-order valence-electron chi connectivity index (χ2n) is 9.79. The number of Topliss-reactive ketones (excluding diaryl/α,β-unsaturated/α-hetero) is 1. The van der Waals surface area contributed by atoms with Crippen molar-refractivity contribution in [3.63, 3.8) is 0 Å². The molecular weight excluding hydrogens is 507 g/mol. The molecule has 0 saturated carbocycles. The number of rotatable bonds is 11. The fourth-order valence-corrected chi connectivity index (χ4v) is 4.04. The van der Waals surface area contributed by atoms with E-state index in [1.165, 1.54) is 19.1 Å². The molecule has 208 valence electrons. The molecule has 0 fully saturated rings. The summed E-state index contributed by atoms with van der Waals surface area (Å²) < 4.78 is 19.3. The number of hydrogen-bond acceptors (Lipinski definition) is 7. The molecule has 0 saturated heterocycles. The van der Waals surface area contributed by atoms with Gasteiger partial charge in [0.15, 0.2) is 11.7 Å². The van der Waals surface area contributed by atoms with Crippen molar-refractivity contribution in [2.45, 2.75) is 59.2 Å². The van der Waals surface area contributed by atoms with Crippen LogP contribution >= 0.6 is 0 Å². The first kappa shape index (κ1) is 29.2. The highest BCUT2D eigenvalue weighted by molar-refractivity contribution is 6.05. The molecule has 0 spiro atoms. The Bertz CT molecular complexity index is 1340. The van der Waals surface area contributed by atoms with Crippen molar-refractivity contribution >= 4 is 17.6 Å². The summed E-state index contributed by atoms with van der Waals surface area (Å²) in [6, 6.07) is 8.74. The quantitative estimate of drug-likeness (QED) is 0.182. The van der Waals surface area contributed by atoms with E-state index in [2.05, 4.69) is 20.6 Å². The van der Waals surface area contributed by atoms with Gasteiger partial charge in [-0.25, -0.2) is 4.98 Å². The number of pyridine rings is 1. The summed E-state index contributed by atoms with van der Waals surface area (Å²) in [5, 5.41) is 25.4. The van der Waals surface area contributed by atoms with Crippen molar-refractivity contribution < 1.29 is 33.7 Å². The molecule has 0 bridgehead atoms. The average Bonchev–Trinajstić information content (AvgIpc) is 3.12. The van der Waals surface area contributed by atoms with Crippen LogP contribution < -0.4 is 15.4 Å². The first-order chi connectivity index (χ1) is 18.4. The van der Waals surface area contributed by atoms with E-state index in [4.69, 9.17) is 4.74 Å². The van der Waals surface area contributed by atoms with Crippen molar-refractivity contribution in [3.05, 3.63) is 70.8 Å². The van der Waals surface area contributed by atoms with Gasteiger partial charge in [0, 0.05) is 5.56 Å². The molecule has 1 unspecified atom stereocenters. The van der Waals surface area contributed by atoms with Crippen LogP contribution in [0.3, 0.4) is 0 Å². The smallest absolute Gasteiger partial charge is 0.270 e. The van der Waals surface area contributed by atoms with Crippen LogP contribution in [-0.4, -0.2) is 49.9 Å². The summed E-state index contributed by atoms with van der Waals surface area (Å²) in [7, 11) is 0. The normalized spacial score (nSPS) is 12.7. The summed E-state index contributed by atoms with van der Waals surface area (Å²) in [5.41, 5.74) is 0.458. The highest BCUT2D eigenvalue weighted by Gasteiger charge is 2.31. The third-order valence-electron chi connectivity index (χ3n) is 6.01. The SMILES string of the molecule is Cc1c(O)[nH]c(O)c1C(=O)[C@H](NC(=O)CC(NC(=O)c1cccc(F)n1)c1ccc(OC(C)C)cc1)C(C)C. The van der Waals surface area contributed by atoms with Gasteiger partial charge in [-0.05, 0) is 56.5 Å². The zero-order valence-corrected chi connectivity index (χ0v) is 22.4. The Morgan fingerprint density at radius 2 is 1.67 bits per heavy atom. The van der Waals surface area contributed by atoms with Crippen LogP contribution in [0, 0.1) is 18.8 Å². The van der Waals surface area contributed by atoms with Gasteiger partial charge in [0.25, 0.3) is 5.91 Å². The summed E-state index contributed by atoms with van der Waals surface area (Å²) >= 11 is 0. The lowest BCUT2D eigenvalue weighted by Crippen LogP contribution is -2.45. The van der Waals surface area contributed by atoms with Gasteiger partial charge in [-0.15, -0.1) is 0 Å². The largest absolute Gasteiger partial charge is 0.494 e. The highest BCUT2D eigenvalue weighted by Crippen LogP contribution is 2.30. The van der Waals surface area contributed by atoms with Crippen molar-refractivity contribution in [1.82, 2.24) is 20.6 Å². The average molecular weight is 541 g/mol. The van der Waals surface area contributed by atoms with Crippen LogP contribution in [-0.2, 0) is 4.79 Å². The zero-order chi connectivity index (χ0) is 28.9. The van der Waals surface area contributed by atoms with Crippen molar-refractivity contribution in [3.8, 4) is 17.5 Å². The fraction of sp³-hybridized carbons (Fsp3) is 0.357. The molecule has 2 atom stereocenters. The van der Waals surface area contributed by atoms with Gasteiger partial charge >= 0.3 is 0 Å². The van der Waals surface area contributed by atoms with Gasteiger partial charge in [0.2, 0.25) is 17.7 Å². The van der Waals surface area contributed by atoms with Crippen LogP contribution in [0.4, 0.5) is 4.39 Å². The summed E-state index contributed by atoms with van der Waals surface area (Å²) in [4.78, 5) is 45.2. The molecule has 2 aromatic heterocycles. The number of carbonyl (C=O) groups is 3. The van der Waals surface area contributed by atoms with Crippen LogP contribution in [0.1, 0.15) is 72.1 Å². The Morgan fingerprint density at radius 3 is 2.21 bits per heavy atom. The Morgan fingerprint density at radius 1 is 1.00 bits per heavy atom. The summed E-state index contributed by atoms with van der Waals surface area (Å²) in [6.45, 7) is 8.69. The lowest BCUT2D eigenvalue weighted by molar-refractivity contribution is -0.122. The summed E-state index contributed by atoms with van der Waals surface area (Å²) in [6.07, 6.45) is -0.308. The molecule has 2 heterocycles. The van der Waals surface area contributed by atoms with E-state index >= 15 is 0 Å². The number of ether oxygens (including phenoxy) is 1. The van der Waals surface area contributed by atoms with Crippen molar-refractivity contribution in [2.75, 3.05) is 0 Å². The lowest BCUT2D eigenvalue weighted by atomic mass is 9.93. The molecule has 10 nitrogen and oxygen atoms in total. The van der Waals surface area contributed by atoms with Gasteiger partial charge in [-0.3, -0.25) is 19.4 Å². The molecular formula is C28H33FN4O6. The molecule has 2 amide bonds. The number of nitrogens with one attached hydrogen (secondary N) is 3. The minimum atomic E-state index is -1.03. The number of aromatic amines is 1. The van der Waals surface area contributed by atoms with Crippen molar-refractivity contribution in [1.29, 1.82) is 0 Å². The molecule has 0 aliphatic heterocycles. The number of amides is 2. The molecule has 11 heteroatoms. The van der Waals surface area contributed by atoms with E-state index in [1.807, 2.05) is 13.8 Å². The first-order valence-corrected chi connectivity index (χ1v) is 12.5. The van der Waals surface area contributed by atoms with Gasteiger partial charge in [-0.1, -0.05) is 32.0 Å². The Hall–Kier alpha value is -4.41. The van der Waals surface area contributed by atoms with Gasteiger partial charge < -0.3 is 25.6 Å². The molecule has 0 aliphatic rings. The number of aromatic nitrogens is 2. The van der Waals surface area contributed by atoms with E-state index in [0.29, 0.717) is 11.3 Å². The molecule has 39 heavy (non-hydrogen) atoms. The second-order valence-corrected chi connectivity index (χ2v) is 9.79. The molecule has 3 aromatic rings. The first-order valence-electron chi connectivity index (χ1n) is 12.5. The predicted molar refractivity (Wildman–Crippen MR) is 141 cm³/mol. The minimum absolute atomic E-state index is 0.0494. The number of ketones is 1. The number of benzene rings is 1. The number of H-pyrrole nitrogens is 1. The number of nitrogens with zero attached hydrogens (tertiary/aromatic N) is 1. The van der Waals surface area contributed by atoms with E-state index in [1.54, 1.807) is 38.1 Å². The lowest BCUT2D eigenvalue weighted by Gasteiger charge is -2.24. The highest BCUT2D eigenvalue weighted by atomic mass is 19.1. The molecule has 0 radical (unpaired) electrons. The van der Waals surface area contributed by atoms with Gasteiger partial charge in [0.05, 0.1) is 30.2 Å². The van der Waals surface area contributed by atoms with E-state index in [0.717, 1.165) is 6.07 Å². The number of aromatic hydroxyl groups is 2. The zero-order valence-electron chi connectivity index (χ0n) is 22.4. The molecule has 0 aliphatic carbocycles. The van der Waals surface area contributed by atoms with Crippen LogP contribution in [0.25, 0.3) is 0 Å². The van der Waals surface area contributed by atoms with Crippen LogP contribution in [0.15, 0.2) is 42.5 Å². The van der Waals surface area contributed by atoms with E-state index in [-0.39, 0.29) is 41.1 Å². The fourth-order valence-electron chi connectivity index (χ4n) is 4.04. The number of halogens is 1. The van der Waals surface area contributed by atoms with Crippen LogP contribution in [0.2, 0.25) is 0 Å². The van der Waals surface area contributed by atoms with E-state index < -0.39 is 41.5 Å². The third kappa shape index (κ3) is 7.34. The van der Waals surface area contributed by atoms with Gasteiger partial charge in [-0.2, -0.15) is 4.39 Å². The summed E-state index contributed by atoms with van der Waals surface area (Å²) in [5.74, 6) is -3.24. The Balaban J connectivity index is 1.85. The molecule has 5 N–H and O–H groups in total. The third-order valence-corrected chi connectivity index (χ3v) is 6.01. The standard InChI is InChI=1S/C28H33FN4O6/c1-14(2)24(25(35)23-16(5)26(36)33-28(23)38)32-22(34)13-20(17-9-11-18(12-10-17)39-15(3)4)31-27(37)19-7-6-8-21(29)30-19/h6-12,14-15,20,24,33,36,38H,13H2,1-5H3,(H,31,37)(H,32,34)/t20?,24-/m1/s1. The van der Waals surface area contributed by atoms with Gasteiger partial charge in [0.1, 0.15) is 11.4 Å². The minimum Gasteiger partial charge on any atom is -0.494 e. The number of hydrogen-bond donors (Lipinski definition) is 5.